The average Bonchev–Trinajstić information content (AvgIpc) is 3.00. The maximum absolute atomic E-state index is 12.0. The van der Waals surface area contributed by atoms with Crippen molar-refractivity contribution in [2.75, 3.05) is 6.54 Å². The number of benzene rings is 1. The summed E-state index contributed by atoms with van der Waals surface area (Å²) in [5.74, 6) is -0.854. The summed E-state index contributed by atoms with van der Waals surface area (Å²) >= 11 is 0. The van der Waals surface area contributed by atoms with Crippen molar-refractivity contribution in [1.82, 2.24) is 5.32 Å². The number of nitrogens with one attached hydrogen (secondary N) is 1. The minimum Gasteiger partial charge on any atom is -0.472 e. The van der Waals surface area contributed by atoms with Gasteiger partial charge in [0.2, 0.25) is 0 Å². The number of amides is 1. The molecule has 0 fully saturated rings. The summed E-state index contributed by atoms with van der Waals surface area (Å²) in [5, 5.41) is 12.4. The number of furan rings is 1. The molecule has 0 radical (unpaired) electrons. The molecule has 0 aliphatic carbocycles. The lowest BCUT2D eigenvalue weighted by Crippen LogP contribution is -2.25. The van der Waals surface area contributed by atoms with Crippen LogP contribution < -0.4 is 10.1 Å². The van der Waals surface area contributed by atoms with Gasteiger partial charge in [0.05, 0.1) is 18.6 Å². The molecule has 1 amide bonds. The largest absolute Gasteiger partial charge is 0.573 e. The van der Waals surface area contributed by atoms with Crippen molar-refractivity contribution >= 4 is 5.91 Å². The van der Waals surface area contributed by atoms with Crippen molar-refractivity contribution in [1.29, 1.82) is 0 Å². The zero-order chi connectivity index (χ0) is 16.9. The Bertz CT molecular complexity index is 623. The summed E-state index contributed by atoms with van der Waals surface area (Å²) in [4.78, 5) is 11.8. The van der Waals surface area contributed by atoms with Gasteiger partial charge in [0.15, 0.2) is 0 Å². The van der Waals surface area contributed by atoms with Crippen LogP contribution in [0.15, 0.2) is 47.3 Å². The number of aliphatic hydroxyl groups excluding tert-OH is 1. The molecule has 0 saturated carbocycles. The van der Waals surface area contributed by atoms with Gasteiger partial charge < -0.3 is 19.6 Å². The Morgan fingerprint density at radius 3 is 2.52 bits per heavy atom. The third-order valence-electron chi connectivity index (χ3n) is 2.98. The zero-order valence-electron chi connectivity index (χ0n) is 11.8. The lowest BCUT2D eigenvalue weighted by atomic mass is 10.1. The van der Waals surface area contributed by atoms with Crippen LogP contribution in [0, 0.1) is 0 Å². The fourth-order valence-corrected chi connectivity index (χ4v) is 1.86. The highest BCUT2D eigenvalue weighted by Crippen LogP contribution is 2.22. The van der Waals surface area contributed by atoms with E-state index in [0.717, 1.165) is 12.1 Å². The van der Waals surface area contributed by atoms with Crippen LogP contribution in [0.1, 0.15) is 28.4 Å². The highest BCUT2D eigenvalue weighted by Gasteiger charge is 2.31. The van der Waals surface area contributed by atoms with E-state index in [2.05, 4.69) is 10.1 Å². The van der Waals surface area contributed by atoms with E-state index in [1.165, 1.54) is 24.7 Å². The molecule has 2 rings (SSSR count). The van der Waals surface area contributed by atoms with Crippen LogP contribution in [0.2, 0.25) is 0 Å². The van der Waals surface area contributed by atoms with Crippen molar-refractivity contribution in [3.05, 3.63) is 54.0 Å². The number of carbonyl (C=O) groups excluding carboxylic acids is 1. The van der Waals surface area contributed by atoms with E-state index >= 15 is 0 Å². The third-order valence-corrected chi connectivity index (χ3v) is 2.98. The summed E-state index contributed by atoms with van der Waals surface area (Å²) < 4.78 is 44.6. The molecule has 5 nitrogen and oxygen atoms in total. The van der Waals surface area contributed by atoms with E-state index in [-0.39, 0.29) is 18.5 Å². The Balaban J connectivity index is 1.81. The quantitative estimate of drug-likeness (QED) is 0.854. The Morgan fingerprint density at radius 1 is 1.26 bits per heavy atom. The first-order valence-electron chi connectivity index (χ1n) is 6.69. The van der Waals surface area contributed by atoms with Crippen molar-refractivity contribution in [2.24, 2.45) is 0 Å². The molecule has 23 heavy (non-hydrogen) atoms. The molecule has 124 valence electrons. The normalized spacial score (nSPS) is 12.7. The molecule has 1 aromatic heterocycles. The van der Waals surface area contributed by atoms with E-state index in [1.807, 2.05) is 0 Å². The Hall–Kier alpha value is -2.48. The number of ether oxygens (including phenoxy) is 1. The van der Waals surface area contributed by atoms with E-state index in [1.54, 1.807) is 6.07 Å². The monoisotopic (exact) mass is 329 g/mol. The van der Waals surface area contributed by atoms with E-state index in [0.29, 0.717) is 5.56 Å². The van der Waals surface area contributed by atoms with Gasteiger partial charge >= 0.3 is 6.36 Å². The lowest BCUT2D eigenvalue weighted by molar-refractivity contribution is -0.274. The van der Waals surface area contributed by atoms with Gasteiger partial charge in [-0.15, -0.1) is 13.2 Å². The van der Waals surface area contributed by atoms with Crippen molar-refractivity contribution in [3.8, 4) is 5.75 Å². The smallest absolute Gasteiger partial charge is 0.472 e. The highest BCUT2D eigenvalue weighted by atomic mass is 19.4. The Morgan fingerprint density at radius 2 is 1.96 bits per heavy atom. The molecule has 0 aliphatic heterocycles. The SMILES string of the molecule is O=C(NCCC(O)c1ccoc1)c1ccc(OC(F)(F)F)cc1. The molecule has 0 saturated heterocycles. The van der Waals surface area contributed by atoms with Crippen LogP contribution in [0.4, 0.5) is 13.2 Å². The van der Waals surface area contributed by atoms with Gasteiger partial charge in [-0.05, 0) is 36.8 Å². The number of alkyl halides is 3. The summed E-state index contributed by atoms with van der Waals surface area (Å²) in [7, 11) is 0. The van der Waals surface area contributed by atoms with Gasteiger partial charge in [0.25, 0.3) is 5.91 Å². The number of aliphatic hydroxyl groups is 1. The number of hydrogen-bond acceptors (Lipinski definition) is 4. The Kier molecular flexibility index (Phi) is 5.28. The molecule has 2 aromatic rings. The van der Waals surface area contributed by atoms with Crippen molar-refractivity contribution in [3.63, 3.8) is 0 Å². The van der Waals surface area contributed by atoms with Crippen molar-refractivity contribution < 1.29 is 32.2 Å². The average molecular weight is 329 g/mol. The topological polar surface area (TPSA) is 71.7 Å². The second-order valence-corrected chi connectivity index (χ2v) is 4.69. The molecule has 0 aliphatic rings. The number of hydrogen-bond donors (Lipinski definition) is 2. The first-order chi connectivity index (χ1) is 10.8. The molecule has 2 N–H and O–H groups in total. The predicted octanol–water partition coefficient (Wildman–Crippen LogP) is 3.03. The fourth-order valence-electron chi connectivity index (χ4n) is 1.86. The van der Waals surface area contributed by atoms with Gasteiger partial charge in [0, 0.05) is 17.7 Å². The zero-order valence-corrected chi connectivity index (χ0v) is 11.8. The van der Waals surface area contributed by atoms with Crippen LogP contribution in [-0.2, 0) is 0 Å². The van der Waals surface area contributed by atoms with Crippen LogP contribution in [0.3, 0.4) is 0 Å². The first-order valence-corrected chi connectivity index (χ1v) is 6.69. The minimum atomic E-state index is -4.77. The van der Waals surface area contributed by atoms with Crippen LogP contribution in [-0.4, -0.2) is 23.9 Å². The summed E-state index contributed by atoms with van der Waals surface area (Å²) in [6.45, 7) is 0.200. The molecular formula is C15H14F3NO4. The maximum atomic E-state index is 12.0. The second-order valence-electron chi connectivity index (χ2n) is 4.69. The van der Waals surface area contributed by atoms with Gasteiger partial charge in [-0.25, -0.2) is 0 Å². The van der Waals surface area contributed by atoms with E-state index in [9.17, 15) is 23.1 Å². The van der Waals surface area contributed by atoms with Crippen LogP contribution in [0.25, 0.3) is 0 Å². The van der Waals surface area contributed by atoms with Gasteiger partial charge in [0.1, 0.15) is 5.75 Å². The molecular weight excluding hydrogens is 315 g/mol. The van der Waals surface area contributed by atoms with Crippen LogP contribution in [0.5, 0.6) is 5.75 Å². The second kappa shape index (κ2) is 7.19. The minimum absolute atomic E-state index is 0.192. The van der Waals surface area contributed by atoms with E-state index in [4.69, 9.17) is 4.42 Å². The lowest BCUT2D eigenvalue weighted by Gasteiger charge is -2.11. The van der Waals surface area contributed by atoms with Gasteiger partial charge in [-0.1, -0.05) is 0 Å². The van der Waals surface area contributed by atoms with Gasteiger partial charge in [-0.2, -0.15) is 0 Å². The summed E-state index contributed by atoms with van der Waals surface area (Å²) in [6, 6.07) is 6.18. The van der Waals surface area contributed by atoms with Crippen LogP contribution >= 0.6 is 0 Å². The standard InChI is InChI=1S/C15H14F3NO4/c16-15(17,18)23-12-3-1-10(2-4-12)14(21)19-7-5-13(20)11-6-8-22-9-11/h1-4,6,8-9,13,20H,5,7H2,(H,19,21). The number of halogens is 3. The molecule has 0 spiro atoms. The molecule has 1 atom stereocenters. The number of rotatable bonds is 6. The molecule has 1 unspecified atom stereocenters. The molecule has 8 heteroatoms. The summed E-state index contributed by atoms with van der Waals surface area (Å²) in [6.07, 6.45) is -2.42. The fraction of sp³-hybridized carbons (Fsp3) is 0.267. The molecule has 1 aromatic carbocycles. The third kappa shape index (κ3) is 5.33. The maximum Gasteiger partial charge on any atom is 0.573 e. The summed E-state index contributed by atoms with van der Waals surface area (Å²) in [5.41, 5.74) is 0.797. The molecule has 1 heterocycles. The van der Waals surface area contributed by atoms with Gasteiger partial charge in [-0.3, -0.25) is 4.79 Å². The highest BCUT2D eigenvalue weighted by molar-refractivity contribution is 5.94. The van der Waals surface area contributed by atoms with E-state index < -0.39 is 24.1 Å². The predicted molar refractivity (Wildman–Crippen MR) is 73.7 cm³/mol. The number of carbonyl (C=O) groups is 1. The van der Waals surface area contributed by atoms with Crippen molar-refractivity contribution in [2.45, 2.75) is 18.9 Å². The molecule has 0 bridgehead atoms. The first kappa shape index (κ1) is 16.9. The Labute approximate surface area is 129 Å².